The third kappa shape index (κ3) is 4.34. The third-order valence-corrected chi connectivity index (χ3v) is 5.95. The maximum Gasteiger partial charge on any atom is 0.272 e. The molecule has 4 nitrogen and oxygen atoms in total. The number of benzene rings is 2. The van der Waals surface area contributed by atoms with E-state index in [4.69, 9.17) is 28.2 Å². The van der Waals surface area contributed by atoms with E-state index in [1.54, 1.807) is 0 Å². The zero-order chi connectivity index (χ0) is 20.4. The monoisotopic (exact) mass is 427 g/mol. The van der Waals surface area contributed by atoms with E-state index >= 15 is 0 Å². The van der Waals surface area contributed by atoms with Crippen molar-refractivity contribution in [1.82, 2.24) is 14.9 Å². The van der Waals surface area contributed by atoms with Crippen molar-refractivity contribution in [3.8, 4) is 17.1 Å². The van der Waals surface area contributed by atoms with Crippen molar-refractivity contribution in [3.63, 3.8) is 0 Å². The molecule has 1 heterocycles. The van der Waals surface area contributed by atoms with Crippen LogP contribution in [0, 0.1) is 6.92 Å². The minimum atomic E-state index is -0.114. The van der Waals surface area contributed by atoms with Gasteiger partial charge in [-0.1, -0.05) is 42.5 Å². The Bertz CT molecular complexity index is 1000. The number of nitrogens with one attached hydrogen (secondary N) is 1. The number of imidazole rings is 1. The van der Waals surface area contributed by atoms with E-state index in [0.717, 1.165) is 29.8 Å². The molecule has 1 aliphatic rings. The number of carbonyl (C=O) groups excluding carboxylic acids is 1. The SMILES string of the molecule is Cc1c(C(=O)NC2CCCCC2)nc(-c2ccc(Cl)cc2)n1-c1ccc(Cl)cc1. The number of hydrogen-bond acceptors (Lipinski definition) is 2. The van der Waals surface area contributed by atoms with E-state index in [2.05, 4.69) is 5.32 Å². The van der Waals surface area contributed by atoms with Crippen molar-refractivity contribution in [2.24, 2.45) is 0 Å². The van der Waals surface area contributed by atoms with Gasteiger partial charge >= 0.3 is 0 Å². The maximum absolute atomic E-state index is 13.0. The fourth-order valence-electron chi connectivity index (χ4n) is 3.92. The van der Waals surface area contributed by atoms with Gasteiger partial charge in [-0.25, -0.2) is 4.98 Å². The summed E-state index contributed by atoms with van der Waals surface area (Å²) >= 11 is 12.1. The number of aromatic nitrogens is 2. The highest BCUT2D eigenvalue weighted by molar-refractivity contribution is 6.30. The van der Waals surface area contributed by atoms with Crippen LogP contribution in [0.1, 0.15) is 48.3 Å². The van der Waals surface area contributed by atoms with Gasteiger partial charge in [0.25, 0.3) is 5.91 Å². The van der Waals surface area contributed by atoms with Gasteiger partial charge in [-0.05, 0) is 68.3 Å². The van der Waals surface area contributed by atoms with E-state index in [1.165, 1.54) is 19.3 Å². The highest BCUT2D eigenvalue weighted by Gasteiger charge is 2.24. The second-order valence-electron chi connectivity index (χ2n) is 7.50. The Kier molecular flexibility index (Phi) is 5.93. The number of halogens is 2. The smallest absolute Gasteiger partial charge is 0.272 e. The maximum atomic E-state index is 13.0. The average molecular weight is 428 g/mol. The Labute approximate surface area is 180 Å². The summed E-state index contributed by atoms with van der Waals surface area (Å²) in [7, 11) is 0. The zero-order valence-corrected chi connectivity index (χ0v) is 17.8. The van der Waals surface area contributed by atoms with Crippen LogP contribution in [0.2, 0.25) is 10.0 Å². The highest BCUT2D eigenvalue weighted by atomic mass is 35.5. The van der Waals surface area contributed by atoms with E-state index in [9.17, 15) is 4.79 Å². The lowest BCUT2D eigenvalue weighted by molar-refractivity contribution is 0.0922. The van der Waals surface area contributed by atoms with Crippen molar-refractivity contribution in [3.05, 3.63) is 70.0 Å². The molecule has 0 atom stereocenters. The second-order valence-corrected chi connectivity index (χ2v) is 8.37. The lowest BCUT2D eigenvalue weighted by Crippen LogP contribution is -2.36. The summed E-state index contributed by atoms with van der Waals surface area (Å²) in [5, 5.41) is 4.50. The van der Waals surface area contributed by atoms with Crippen LogP contribution in [-0.4, -0.2) is 21.5 Å². The van der Waals surface area contributed by atoms with Crippen molar-refractivity contribution in [1.29, 1.82) is 0 Å². The first-order valence-electron chi connectivity index (χ1n) is 9.95. The van der Waals surface area contributed by atoms with Crippen molar-refractivity contribution in [2.75, 3.05) is 0 Å². The third-order valence-electron chi connectivity index (χ3n) is 5.45. The van der Waals surface area contributed by atoms with E-state index in [0.29, 0.717) is 21.6 Å². The Morgan fingerprint density at radius 1 is 0.966 bits per heavy atom. The molecule has 1 aliphatic carbocycles. The molecule has 0 bridgehead atoms. The molecule has 0 radical (unpaired) electrons. The fourth-order valence-corrected chi connectivity index (χ4v) is 4.17. The molecule has 2 aromatic carbocycles. The van der Waals surface area contributed by atoms with Gasteiger partial charge in [-0.3, -0.25) is 9.36 Å². The van der Waals surface area contributed by atoms with Gasteiger partial charge in [-0.2, -0.15) is 0 Å². The molecule has 1 amide bonds. The van der Waals surface area contributed by atoms with Crippen LogP contribution in [0.15, 0.2) is 48.5 Å². The van der Waals surface area contributed by atoms with Gasteiger partial charge < -0.3 is 5.32 Å². The molecule has 6 heteroatoms. The Morgan fingerprint density at radius 3 is 2.17 bits per heavy atom. The topological polar surface area (TPSA) is 46.9 Å². The Hall–Kier alpha value is -2.30. The number of nitrogens with zero attached hydrogens (tertiary/aromatic N) is 2. The summed E-state index contributed by atoms with van der Waals surface area (Å²) in [5.74, 6) is 0.590. The molecule has 0 unspecified atom stereocenters. The predicted octanol–water partition coefficient (Wildman–Crippen LogP) is 6.22. The van der Waals surface area contributed by atoms with Gasteiger partial charge in [0.05, 0.1) is 5.69 Å². The molecule has 3 aromatic rings. The number of carbonyl (C=O) groups is 1. The summed E-state index contributed by atoms with van der Waals surface area (Å²) in [6.07, 6.45) is 5.65. The van der Waals surface area contributed by atoms with Crippen LogP contribution >= 0.6 is 23.2 Å². The average Bonchev–Trinajstić information content (AvgIpc) is 3.07. The molecule has 150 valence electrons. The van der Waals surface area contributed by atoms with Crippen molar-refractivity contribution in [2.45, 2.75) is 45.1 Å². The summed E-state index contributed by atoms with van der Waals surface area (Å²) < 4.78 is 2.00. The van der Waals surface area contributed by atoms with Crippen molar-refractivity contribution < 1.29 is 4.79 Å². The lowest BCUT2D eigenvalue weighted by atomic mass is 9.95. The van der Waals surface area contributed by atoms with Crippen LogP contribution in [0.4, 0.5) is 0 Å². The lowest BCUT2D eigenvalue weighted by Gasteiger charge is -2.22. The van der Waals surface area contributed by atoms with Crippen LogP contribution in [0.5, 0.6) is 0 Å². The molecule has 1 aromatic heterocycles. The first kappa shape index (κ1) is 20.0. The fraction of sp³-hybridized carbons (Fsp3) is 0.304. The van der Waals surface area contributed by atoms with Gasteiger partial charge in [0.2, 0.25) is 0 Å². The first-order chi connectivity index (χ1) is 14.0. The number of rotatable bonds is 4. The second kappa shape index (κ2) is 8.60. The predicted molar refractivity (Wildman–Crippen MR) is 118 cm³/mol. The van der Waals surface area contributed by atoms with E-state index in [1.807, 2.05) is 60.0 Å². The Morgan fingerprint density at radius 2 is 1.55 bits per heavy atom. The van der Waals surface area contributed by atoms with Crippen LogP contribution < -0.4 is 5.32 Å². The van der Waals surface area contributed by atoms with Crippen LogP contribution in [0.25, 0.3) is 17.1 Å². The Balaban J connectivity index is 1.76. The highest BCUT2D eigenvalue weighted by Crippen LogP contribution is 2.28. The van der Waals surface area contributed by atoms with E-state index < -0.39 is 0 Å². The van der Waals surface area contributed by atoms with E-state index in [-0.39, 0.29) is 11.9 Å². The molecule has 0 aliphatic heterocycles. The largest absolute Gasteiger partial charge is 0.348 e. The molecule has 29 heavy (non-hydrogen) atoms. The summed E-state index contributed by atoms with van der Waals surface area (Å²) in [6, 6.07) is 15.3. The van der Waals surface area contributed by atoms with Gasteiger partial charge in [0.15, 0.2) is 0 Å². The van der Waals surface area contributed by atoms with Crippen LogP contribution in [0.3, 0.4) is 0 Å². The number of amides is 1. The molecular formula is C23H23Cl2N3O. The zero-order valence-electron chi connectivity index (χ0n) is 16.3. The number of hydrogen-bond donors (Lipinski definition) is 1. The molecule has 0 saturated heterocycles. The molecule has 1 N–H and O–H groups in total. The molecule has 1 fully saturated rings. The molecule has 0 spiro atoms. The minimum absolute atomic E-state index is 0.114. The molecule has 4 rings (SSSR count). The van der Waals surface area contributed by atoms with Crippen LogP contribution in [-0.2, 0) is 0 Å². The summed E-state index contributed by atoms with van der Waals surface area (Å²) in [4.78, 5) is 17.8. The van der Waals surface area contributed by atoms with Gasteiger partial charge in [0.1, 0.15) is 11.5 Å². The van der Waals surface area contributed by atoms with Crippen molar-refractivity contribution >= 4 is 29.1 Å². The first-order valence-corrected chi connectivity index (χ1v) is 10.7. The van der Waals surface area contributed by atoms with Gasteiger partial charge in [0, 0.05) is 27.3 Å². The van der Waals surface area contributed by atoms with Gasteiger partial charge in [-0.15, -0.1) is 0 Å². The quantitative estimate of drug-likeness (QED) is 0.537. The molecule has 1 saturated carbocycles. The standard InChI is InChI=1S/C23H23Cl2N3O/c1-15-21(23(29)26-19-5-3-2-4-6-19)27-22(16-7-9-17(24)10-8-16)28(15)20-13-11-18(25)12-14-20/h7-14,19H,2-6H2,1H3,(H,26,29). The summed E-state index contributed by atoms with van der Waals surface area (Å²) in [6.45, 7) is 1.93. The summed E-state index contributed by atoms with van der Waals surface area (Å²) in [5.41, 5.74) is 3.05. The minimum Gasteiger partial charge on any atom is -0.348 e. The molecular weight excluding hydrogens is 405 g/mol. The normalized spacial score (nSPS) is 14.7.